The SMILES string of the molecule is CCN=C(NN)Nc1ccc(F)cc1F. The smallest absolute Gasteiger partial charge is 0.210 e. The van der Waals surface area contributed by atoms with Crippen LogP contribution in [0.4, 0.5) is 14.5 Å². The Balaban J connectivity index is 2.84. The topological polar surface area (TPSA) is 62.4 Å². The van der Waals surface area contributed by atoms with Crippen molar-refractivity contribution < 1.29 is 8.78 Å². The first kappa shape index (κ1) is 11.4. The molecule has 1 aromatic rings. The normalized spacial score (nSPS) is 11.3. The zero-order chi connectivity index (χ0) is 11.3. The summed E-state index contributed by atoms with van der Waals surface area (Å²) in [6.07, 6.45) is 0. The molecule has 0 aliphatic carbocycles. The zero-order valence-corrected chi connectivity index (χ0v) is 8.22. The van der Waals surface area contributed by atoms with Gasteiger partial charge in [0.1, 0.15) is 11.6 Å². The maximum Gasteiger partial charge on any atom is 0.210 e. The first-order valence-corrected chi connectivity index (χ1v) is 4.40. The lowest BCUT2D eigenvalue weighted by Gasteiger charge is -2.09. The molecule has 0 aromatic heterocycles. The number of hydrazine groups is 1. The first-order chi connectivity index (χ1) is 7.17. The number of nitrogens with zero attached hydrogens (tertiary/aromatic N) is 1. The molecule has 6 heteroatoms. The fourth-order valence-corrected chi connectivity index (χ4v) is 0.998. The molecule has 0 aliphatic heterocycles. The highest BCUT2D eigenvalue weighted by Gasteiger charge is 2.04. The maximum absolute atomic E-state index is 13.2. The van der Waals surface area contributed by atoms with E-state index in [9.17, 15) is 8.78 Å². The van der Waals surface area contributed by atoms with Crippen molar-refractivity contribution in [1.82, 2.24) is 5.43 Å². The largest absolute Gasteiger partial charge is 0.323 e. The number of anilines is 1. The Kier molecular flexibility index (Phi) is 3.99. The summed E-state index contributed by atoms with van der Waals surface area (Å²) in [4.78, 5) is 3.91. The number of aliphatic imine (C=N–C) groups is 1. The second-order valence-corrected chi connectivity index (χ2v) is 2.72. The van der Waals surface area contributed by atoms with Crippen LogP contribution in [0.2, 0.25) is 0 Å². The van der Waals surface area contributed by atoms with Gasteiger partial charge in [0.25, 0.3) is 0 Å². The number of hydrogen-bond donors (Lipinski definition) is 3. The van der Waals surface area contributed by atoms with E-state index in [0.29, 0.717) is 6.54 Å². The fraction of sp³-hybridized carbons (Fsp3) is 0.222. The third-order valence-electron chi connectivity index (χ3n) is 1.64. The Hall–Kier alpha value is -1.69. The molecule has 0 bridgehead atoms. The predicted octanol–water partition coefficient (Wildman–Crippen LogP) is 1.22. The molecule has 0 amide bonds. The molecule has 0 unspecified atom stereocenters. The number of benzene rings is 1. The summed E-state index contributed by atoms with van der Waals surface area (Å²) in [6, 6.07) is 3.20. The van der Waals surface area contributed by atoms with Crippen molar-refractivity contribution in [3.63, 3.8) is 0 Å². The molecule has 0 atom stereocenters. The molecule has 1 aromatic carbocycles. The van der Waals surface area contributed by atoms with Crippen LogP contribution in [-0.4, -0.2) is 12.5 Å². The van der Waals surface area contributed by atoms with Crippen molar-refractivity contribution in [1.29, 1.82) is 0 Å². The average Bonchev–Trinajstić information content (AvgIpc) is 2.21. The van der Waals surface area contributed by atoms with Crippen LogP contribution in [0, 0.1) is 11.6 Å². The lowest BCUT2D eigenvalue weighted by Crippen LogP contribution is -2.36. The minimum atomic E-state index is -0.700. The Bertz CT molecular complexity index is 365. The number of rotatable bonds is 2. The molecule has 0 aliphatic rings. The molecule has 0 fully saturated rings. The highest BCUT2D eigenvalue weighted by atomic mass is 19.1. The van der Waals surface area contributed by atoms with Gasteiger partial charge >= 0.3 is 0 Å². The minimum absolute atomic E-state index is 0.113. The average molecular weight is 214 g/mol. The number of hydrogen-bond acceptors (Lipinski definition) is 2. The first-order valence-electron chi connectivity index (χ1n) is 4.40. The van der Waals surface area contributed by atoms with Crippen LogP contribution in [-0.2, 0) is 0 Å². The Morgan fingerprint density at radius 3 is 2.73 bits per heavy atom. The van der Waals surface area contributed by atoms with Crippen LogP contribution in [0.3, 0.4) is 0 Å². The molecule has 0 saturated carbocycles. The summed E-state index contributed by atoms with van der Waals surface area (Å²) in [6.45, 7) is 2.30. The van der Waals surface area contributed by atoms with Gasteiger partial charge in [-0.15, -0.1) is 0 Å². The quantitative estimate of drug-likeness (QED) is 0.300. The number of guanidine groups is 1. The van der Waals surface area contributed by atoms with E-state index < -0.39 is 11.6 Å². The molecule has 4 N–H and O–H groups in total. The van der Waals surface area contributed by atoms with Crippen LogP contribution in [0.1, 0.15) is 6.92 Å². The highest BCUT2D eigenvalue weighted by molar-refractivity contribution is 5.93. The van der Waals surface area contributed by atoms with Gasteiger partial charge in [-0.25, -0.2) is 14.6 Å². The van der Waals surface area contributed by atoms with E-state index in [4.69, 9.17) is 5.84 Å². The molecule has 0 spiro atoms. The van der Waals surface area contributed by atoms with E-state index in [-0.39, 0.29) is 11.6 Å². The zero-order valence-electron chi connectivity index (χ0n) is 8.22. The molecular weight excluding hydrogens is 202 g/mol. The van der Waals surface area contributed by atoms with Crippen LogP contribution in [0.5, 0.6) is 0 Å². The lowest BCUT2D eigenvalue weighted by molar-refractivity contribution is 0.586. The van der Waals surface area contributed by atoms with Crippen molar-refractivity contribution in [3.8, 4) is 0 Å². The van der Waals surface area contributed by atoms with Crippen LogP contribution < -0.4 is 16.6 Å². The second kappa shape index (κ2) is 5.26. The summed E-state index contributed by atoms with van der Waals surface area (Å²) in [5.74, 6) is 4.04. The van der Waals surface area contributed by atoms with Crippen molar-refractivity contribution in [2.45, 2.75) is 6.92 Å². The van der Waals surface area contributed by atoms with Gasteiger partial charge in [-0.2, -0.15) is 0 Å². The molecule has 15 heavy (non-hydrogen) atoms. The van der Waals surface area contributed by atoms with Gasteiger partial charge in [0.2, 0.25) is 5.96 Å². The van der Waals surface area contributed by atoms with E-state index in [1.807, 2.05) is 0 Å². The van der Waals surface area contributed by atoms with Gasteiger partial charge in [0.05, 0.1) is 5.69 Å². The van der Waals surface area contributed by atoms with E-state index in [2.05, 4.69) is 15.7 Å². The van der Waals surface area contributed by atoms with Crippen molar-refractivity contribution in [2.75, 3.05) is 11.9 Å². The van der Waals surface area contributed by atoms with Crippen LogP contribution in [0.15, 0.2) is 23.2 Å². The van der Waals surface area contributed by atoms with Crippen molar-refractivity contribution >= 4 is 11.6 Å². The lowest BCUT2D eigenvalue weighted by atomic mass is 10.3. The maximum atomic E-state index is 13.2. The second-order valence-electron chi connectivity index (χ2n) is 2.72. The summed E-state index contributed by atoms with van der Waals surface area (Å²) < 4.78 is 25.7. The molecule has 0 saturated heterocycles. The van der Waals surface area contributed by atoms with E-state index >= 15 is 0 Å². The highest BCUT2D eigenvalue weighted by Crippen LogP contribution is 2.14. The number of halogens is 2. The third kappa shape index (κ3) is 3.17. The Morgan fingerprint density at radius 1 is 1.47 bits per heavy atom. The Morgan fingerprint density at radius 2 is 2.20 bits per heavy atom. The molecular formula is C9H12F2N4. The van der Waals surface area contributed by atoms with Gasteiger partial charge in [0, 0.05) is 12.6 Å². The van der Waals surface area contributed by atoms with Gasteiger partial charge in [0.15, 0.2) is 0 Å². The van der Waals surface area contributed by atoms with Crippen molar-refractivity contribution in [3.05, 3.63) is 29.8 Å². The standard InChI is InChI=1S/C9H12F2N4/c1-2-13-9(15-12)14-8-4-3-6(10)5-7(8)11/h3-5H,2,12H2,1H3,(H2,13,14,15). The third-order valence-corrected chi connectivity index (χ3v) is 1.64. The molecule has 4 nitrogen and oxygen atoms in total. The summed E-state index contributed by atoms with van der Waals surface area (Å²) in [5.41, 5.74) is 2.38. The monoisotopic (exact) mass is 214 g/mol. The van der Waals surface area contributed by atoms with E-state index in [1.165, 1.54) is 6.07 Å². The van der Waals surface area contributed by atoms with E-state index in [1.54, 1.807) is 6.92 Å². The fourth-order valence-electron chi connectivity index (χ4n) is 0.998. The van der Waals surface area contributed by atoms with Gasteiger partial charge in [-0.05, 0) is 19.1 Å². The summed E-state index contributed by atoms with van der Waals surface area (Å²) >= 11 is 0. The summed E-state index contributed by atoms with van der Waals surface area (Å²) in [5, 5.41) is 2.60. The molecule has 0 heterocycles. The van der Waals surface area contributed by atoms with Crippen LogP contribution >= 0.6 is 0 Å². The van der Waals surface area contributed by atoms with Crippen LogP contribution in [0.25, 0.3) is 0 Å². The Labute approximate surface area is 86.2 Å². The van der Waals surface area contributed by atoms with Crippen molar-refractivity contribution in [2.24, 2.45) is 10.8 Å². The van der Waals surface area contributed by atoms with Gasteiger partial charge in [-0.1, -0.05) is 0 Å². The number of nitrogens with two attached hydrogens (primary N) is 1. The molecule has 1 rings (SSSR count). The minimum Gasteiger partial charge on any atom is -0.323 e. The predicted molar refractivity (Wildman–Crippen MR) is 55.3 cm³/mol. The summed E-state index contributed by atoms with van der Waals surface area (Å²) in [7, 11) is 0. The molecule has 0 radical (unpaired) electrons. The molecule has 82 valence electrons. The number of nitrogens with one attached hydrogen (secondary N) is 2. The van der Waals surface area contributed by atoms with Gasteiger partial charge in [-0.3, -0.25) is 10.4 Å². The van der Waals surface area contributed by atoms with Gasteiger partial charge < -0.3 is 5.32 Å². The van der Waals surface area contributed by atoms with E-state index in [0.717, 1.165) is 12.1 Å².